The summed E-state index contributed by atoms with van der Waals surface area (Å²) in [5.41, 5.74) is 1.92. The molecule has 0 spiro atoms. The minimum absolute atomic E-state index is 0.148. The quantitative estimate of drug-likeness (QED) is 0.145. The van der Waals surface area contributed by atoms with Crippen LogP contribution in [0.1, 0.15) is 166 Å². The van der Waals surface area contributed by atoms with Gasteiger partial charge in [0.15, 0.2) is 12.2 Å². The molecule has 0 aromatic heterocycles. The van der Waals surface area contributed by atoms with Gasteiger partial charge < -0.3 is 18.9 Å². The number of esters is 4. The summed E-state index contributed by atoms with van der Waals surface area (Å²) in [5.74, 6) is 1.78. The van der Waals surface area contributed by atoms with Crippen LogP contribution in [0.4, 0.5) is 0 Å². The number of hydrogen-bond donors (Lipinski definition) is 0. The Morgan fingerprint density at radius 1 is 0.635 bits per heavy atom. The number of carbonyl (C=O) groups excluding carboxylic acids is 4. The van der Waals surface area contributed by atoms with Crippen molar-refractivity contribution < 1.29 is 38.1 Å². The molecule has 5 aliphatic carbocycles. The molecule has 5 aliphatic rings. The highest BCUT2D eigenvalue weighted by Crippen LogP contribution is 2.78. The first kappa shape index (κ1) is 41.1. The minimum Gasteiger partial charge on any atom is -0.462 e. The van der Waals surface area contributed by atoms with Gasteiger partial charge in [0, 0.05) is 27.2 Å². The van der Waals surface area contributed by atoms with Crippen LogP contribution in [-0.2, 0) is 38.1 Å². The van der Waals surface area contributed by atoms with Crippen molar-refractivity contribution in [2.24, 2.45) is 62.6 Å². The van der Waals surface area contributed by atoms with E-state index in [1.165, 1.54) is 91.4 Å². The topological polar surface area (TPSA) is 105 Å². The molecule has 5 fully saturated rings. The highest BCUT2D eigenvalue weighted by Gasteiger charge is 2.70. The Kier molecular flexibility index (Phi) is 12.0. The van der Waals surface area contributed by atoms with Crippen LogP contribution < -0.4 is 0 Å². The number of fused-ring (bicyclic) bond motifs is 7. The van der Waals surface area contributed by atoms with Crippen LogP contribution in [-0.4, -0.2) is 48.8 Å². The summed E-state index contributed by atoms with van der Waals surface area (Å²) < 4.78 is 22.4. The van der Waals surface area contributed by atoms with Crippen LogP contribution in [0.25, 0.3) is 0 Å². The number of rotatable bonds is 12. The molecule has 0 heterocycles. The van der Waals surface area contributed by atoms with E-state index in [9.17, 15) is 19.2 Å². The normalized spacial score (nSPS) is 39.9. The molecule has 13 atom stereocenters. The van der Waals surface area contributed by atoms with Crippen molar-refractivity contribution in [3.05, 3.63) is 0 Å². The van der Waals surface area contributed by atoms with E-state index in [1.54, 1.807) is 6.92 Å². The third-order valence-corrected chi connectivity index (χ3v) is 16.8. The summed E-state index contributed by atoms with van der Waals surface area (Å²) in [4.78, 5) is 48.9. The second kappa shape index (κ2) is 15.2. The Bertz CT molecular complexity index is 1340. The molecule has 52 heavy (non-hydrogen) atoms. The highest BCUT2D eigenvalue weighted by molar-refractivity contribution is 5.69. The molecule has 0 amide bonds. The highest BCUT2D eigenvalue weighted by atomic mass is 16.6. The lowest BCUT2D eigenvalue weighted by Crippen LogP contribution is -2.65. The number of hydrogen-bond acceptors (Lipinski definition) is 8. The first-order valence-corrected chi connectivity index (χ1v) is 20.9. The first-order valence-electron chi connectivity index (χ1n) is 20.9. The van der Waals surface area contributed by atoms with Gasteiger partial charge in [-0.15, -0.1) is 0 Å². The molecule has 296 valence electrons. The van der Waals surface area contributed by atoms with Gasteiger partial charge in [0.05, 0.1) is 0 Å². The van der Waals surface area contributed by atoms with E-state index in [4.69, 9.17) is 18.9 Å². The number of ether oxygens (including phenoxy) is 4. The fourth-order valence-electron chi connectivity index (χ4n) is 14.4. The predicted molar refractivity (Wildman–Crippen MR) is 201 cm³/mol. The van der Waals surface area contributed by atoms with Crippen LogP contribution in [0.2, 0.25) is 0 Å². The summed E-state index contributed by atoms with van der Waals surface area (Å²) in [6.07, 6.45) is 13.0. The molecule has 5 rings (SSSR count). The van der Waals surface area contributed by atoms with Gasteiger partial charge in [-0.3, -0.25) is 19.2 Å². The summed E-state index contributed by atoms with van der Waals surface area (Å²) in [6.45, 7) is 23.5. The molecule has 0 aromatic rings. The minimum atomic E-state index is -1.10. The van der Waals surface area contributed by atoms with Crippen LogP contribution in [0.15, 0.2) is 0 Å². The van der Waals surface area contributed by atoms with Gasteiger partial charge in [0.25, 0.3) is 0 Å². The van der Waals surface area contributed by atoms with Gasteiger partial charge in [-0.1, -0.05) is 61.8 Å². The molecule has 0 aromatic carbocycles. The van der Waals surface area contributed by atoms with E-state index >= 15 is 0 Å². The van der Waals surface area contributed by atoms with Crippen molar-refractivity contribution in [1.29, 1.82) is 0 Å². The molecule has 0 unspecified atom stereocenters. The van der Waals surface area contributed by atoms with Gasteiger partial charge in [0.1, 0.15) is 12.7 Å². The maximum absolute atomic E-state index is 12.4. The molecule has 0 aliphatic heterocycles. The molecule has 8 heteroatoms. The van der Waals surface area contributed by atoms with Crippen molar-refractivity contribution in [1.82, 2.24) is 0 Å². The number of carbonyl (C=O) groups is 4. The van der Waals surface area contributed by atoms with Crippen molar-refractivity contribution in [3.63, 3.8) is 0 Å². The van der Waals surface area contributed by atoms with Crippen molar-refractivity contribution in [2.75, 3.05) is 6.61 Å². The van der Waals surface area contributed by atoms with Crippen LogP contribution in [0, 0.1) is 62.6 Å². The second-order valence-electron chi connectivity index (χ2n) is 19.8. The lowest BCUT2D eigenvalue weighted by atomic mass is 9.32. The lowest BCUT2D eigenvalue weighted by Gasteiger charge is -2.73. The van der Waals surface area contributed by atoms with E-state index in [1.807, 2.05) is 0 Å². The van der Waals surface area contributed by atoms with E-state index in [0.717, 1.165) is 24.2 Å². The predicted octanol–water partition coefficient (Wildman–Crippen LogP) is 9.64. The maximum Gasteiger partial charge on any atom is 0.305 e. The standard InChI is InChI=1S/C44H72O8/c1-12-38(48)49-26-34(51-29(4)46)39(52-30(5)47)33(50-28(3)45)15-14-27(2)31-18-23-41(8)32(31)19-24-43(10)36(41)16-17-37-42(9)22-13-21-40(6,7)35(42)20-25-44(37,43)11/h27,31-37,39H,12-26H2,1-11H3/t27-,31-,32+,33-,34+,35+,36-,37-,39-,41+,42+,43-,44-/m1/s1. The van der Waals surface area contributed by atoms with Crippen LogP contribution in [0.5, 0.6) is 0 Å². The molecule has 8 nitrogen and oxygen atoms in total. The Morgan fingerprint density at radius 3 is 1.81 bits per heavy atom. The third kappa shape index (κ3) is 7.32. The average molecular weight is 729 g/mol. The molecular formula is C44H72O8. The van der Waals surface area contributed by atoms with Gasteiger partial charge in [-0.25, -0.2) is 0 Å². The molecule has 0 N–H and O–H groups in total. The van der Waals surface area contributed by atoms with Crippen LogP contribution in [0.3, 0.4) is 0 Å². The molecule has 0 saturated heterocycles. The third-order valence-electron chi connectivity index (χ3n) is 16.8. The zero-order valence-corrected chi connectivity index (χ0v) is 34.6. The summed E-state index contributed by atoms with van der Waals surface area (Å²) in [7, 11) is 0. The Morgan fingerprint density at radius 2 is 1.21 bits per heavy atom. The van der Waals surface area contributed by atoms with Gasteiger partial charge in [-0.2, -0.15) is 0 Å². The van der Waals surface area contributed by atoms with Crippen molar-refractivity contribution >= 4 is 23.9 Å². The van der Waals surface area contributed by atoms with E-state index in [2.05, 4.69) is 48.5 Å². The van der Waals surface area contributed by atoms with Crippen molar-refractivity contribution in [3.8, 4) is 0 Å². The maximum atomic E-state index is 12.4. The monoisotopic (exact) mass is 729 g/mol. The summed E-state index contributed by atoms with van der Waals surface area (Å²) in [6, 6.07) is 0. The van der Waals surface area contributed by atoms with Crippen molar-refractivity contribution in [2.45, 2.75) is 184 Å². The largest absolute Gasteiger partial charge is 0.462 e. The lowest BCUT2D eigenvalue weighted by molar-refractivity contribution is -0.241. The van der Waals surface area contributed by atoms with Gasteiger partial charge in [-0.05, 0) is 140 Å². The second-order valence-corrected chi connectivity index (χ2v) is 19.8. The molecule has 5 saturated carbocycles. The zero-order valence-electron chi connectivity index (χ0n) is 34.6. The average Bonchev–Trinajstić information content (AvgIpc) is 3.40. The molecule has 0 radical (unpaired) electrons. The summed E-state index contributed by atoms with van der Waals surface area (Å²) in [5, 5.41) is 0. The Hall–Kier alpha value is -2.12. The Balaban J connectivity index is 1.33. The van der Waals surface area contributed by atoms with Gasteiger partial charge in [0.2, 0.25) is 0 Å². The smallest absolute Gasteiger partial charge is 0.305 e. The fraction of sp³-hybridized carbons (Fsp3) is 0.909. The fourth-order valence-corrected chi connectivity index (χ4v) is 14.4. The van der Waals surface area contributed by atoms with E-state index < -0.39 is 42.2 Å². The van der Waals surface area contributed by atoms with E-state index in [0.29, 0.717) is 51.2 Å². The zero-order chi connectivity index (χ0) is 38.4. The SMILES string of the molecule is CCC(=O)OC[C@H](OC(C)=O)[C@H](OC(C)=O)[C@@H](CC[C@@H](C)[C@H]1CC[C@]2(C)[C@H]3CC[C@@H]4[C@@]5(C)CCCC(C)(C)[C@@H]5CC[C@@]4(C)[C@]3(C)CC[C@@H]12)OC(C)=O. The molecular weight excluding hydrogens is 656 g/mol. The van der Waals surface area contributed by atoms with E-state index in [-0.39, 0.29) is 13.0 Å². The summed E-state index contributed by atoms with van der Waals surface area (Å²) >= 11 is 0. The Labute approximate surface area is 315 Å². The first-order chi connectivity index (χ1) is 24.2. The molecule has 0 bridgehead atoms. The van der Waals surface area contributed by atoms with Gasteiger partial charge >= 0.3 is 23.9 Å². The van der Waals surface area contributed by atoms with Crippen LogP contribution >= 0.6 is 0 Å².